The van der Waals surface area contributed by atoms with Gasteiger partial charge in [0.1, 0.15) is 6.10 Å². The normalized spacial score (nSPS) is 30.6. The lowest BCUT2D eigenvalue weighted by Crippen LogP contribution is -2.59. The lowest BCUT2D eigenvalue weighted by Gasteiger charge is -2.49. The lowest BCUT2D eigenvalue weighted by molar-refractivity contribution is -0.170. The maximum absolute atomic E-state index is 13.5. The van der Waals surface area contributed by atoms with Gasteiger partial charge in [0.15, 0.2) is 17.3 Å². The van der Waals surface area contributed by atoms with Crippen molar-refractivity contribution in [1.29, 1.82) is 0 Å². The van der Waals surface area contributed by atoms with E-state index in [0.717, 1.165) is 5.57 Å². The van der Waals surface area contributed by atoms with Crippen molar-refractivity contribution in [3.8, 4) is 11.5 Å². The molecule has 7 unspecified atom stereocenters. The number of rotatable bonds is 6. The van der Waals surface area contributed by atoms with Crippen molar-refractivity contribution in [3.05, 3.63) is 53.8 Å². The minimum absolute atomic E-state index is 0.145. The molecule has 0 aromatic heterocycles. The third-order valence-corrected chi connectivity index (χ3v) is 6.52. The predicted octanol–water partition coefficient (Wildman–Crippen LogP) is 2.67. The number of ether oxygens (including phenoxy) is 1. The number of Topliss-reactive ketones (excluding diaryl/α,β-unsaturated/α-hetero) is 1. The minimum atomic E-state index is -1.16. The van der Waals surface area contributed by atoms with Crippen molar-refractivity contribution in [3.63, 3.8) is 0 Å². The van der Waals surface area contributed by atoms with Crippen LogP contribution in [-0.2, 0) is 9.53 Å². The molecule has 174 valence electrons. The van der Waals surface area contributed by atoms with Gasteiger partial charge in [-0.2, -0.15) is 0 Å². The summed E-state index contributed by atoms with van der Waals surface area (Å²) in [7, 11) is 0. The highest BCUT2D eigenvalue weighted by atomic mass is 16.5. The number of carbonyl (C=O) groups excluding carboxylic acids is 1. The SMILES string of the molecule is C=C(C)C(O)CC1C(O)C(CC=C(C)C)C(O)C2C(=O)C(c3ccc(O)c(O)c3)=COC12. The zero-order valence-electron chi connectivity index (χ0n) is 18.6. The van der Waals surface area contributed by atoms with E-state index in [2.05, 4.69) is 6.58 Å². The monoisotopic (exact) mass is 444 g/mol. The largest absolute Gasteiger partial charge is 0.504 e. The molecular formula is C25H32O7. The number of allylic oxidation sites excluding steroid dienone is 3. The van der Waals surface area contributed by atoms with E-state index in [1.165, 1.54) is 24.5 Å². The Kier molecular flexibility index (Phi) is 7.12. The third-order valence-electron chi connectivity index (χ3n) is 6.52. The van der Waals surface area contributed by atoms with Crippen LogP contribution in [0.15, 0.2) is 48.3 Å². The number of aromatic hydroxyl groups is 2. The van der Waals surface area contributed by atoms with Crippen LogP contribution in [-0.4, -0.2) is 55.7 Å². The van der Waals surface area contributed by atoms with E-state index in [9.17, 15) is 30.3 Å². The molecule has 7 nitrogen and oxygen atoms in total. The molecule has 1 aliphatic carbocycles. The first kappa shape index (κ1) is 24.0. The number of benzene rings is 1. The molecule has 0 amide bonds. The number of aliphatic hydroxyl groups excluding tert-OH is 3. The number of hydrogen-bond acceptors (Lipinski definition) is 7. The van der Waals surface area contributed by atoms with E-state index in [0.29, 0.717) is 17.6 Å². The summed E-state index contributed by atoms with van der Waals surface area (Å²) in [6, 6.07) is 4.01. The van der Waals surface area contributed by atoms with Gasteiger partial charge in [0.25, 0.3) is 0 Å². The van der Waals surface area contributed by atoms with E-state index in [1.807, 2.05) is 19.9 Å². The van der Waals surface area contributed by atoms with Gasteiger partial charge in [-0.15, -0.1) is 0 Å². The molecule has 7 atom stereocenters. The van der Waals surface area contributed by atoms with Crippen molar-refractivity contribution < 1.29 is 35.1 Å². The third kappa shape index (κ3) is 4.60. The molecule has 0 radical (unpaired) electrons. The van der Waals surface area contributed by atoms with Crippen LogP contribution in [0.3, 0.4) is 0 Å². The first-order valence-corrected chi connectivity index (χ1v) is 10.8. The molecule has 0 saturated heterocycles. The second kappa shape index (κ2) is 9.48. The van der Waals surface area contributed by atoms with Crippen LogP contribution in [0.25, 0.3) is 5.57 Å². The van der Waals surface area contributed by atoms with Crippen molar-refractivity contribution in [2.24, 2.45) is 17.8 Å². The molecule has 1 fully saturated rings. The average Bonchev–Trinajstić information content (AvgIpc) is 2.72. The number of ketones is 1. The molecule has 5 N–H and O–H groups in total. The summed E-state index contributed by atoms with van der Waals surface area (Å²) in [5.74, 6) is -3.22. The zero-order chi connectivity index (χ0) is 23.7. The van der Waals surface area contributed by atoms with E-state index >= 15 is 0 Å². The molecule has 1 saturated carbocycles. The van der Waals surface area contributed by atoms with E-state index in [1.54, 1.807) is 6.92 Å². The second-order valence-corrected chi connectivity index (χ2v) is 9.15. The number of carbonyl (C=O) groups is 1. The Balaban J connectivity index is 2.01. The van der Waals surface area contributed by atoms with E-state index in [4.69, 9.17) is 4.74 Å². The maximum atomic E-state index is 13.5. The molecule has 1 aliphatic heterocycles. The molecule has 7 heteroatoms. The zero-order valence-corrected chi connectivity index (χ0v) is 18.6. The summed E-state index contributed by atoms with van der Waals surface area (Å²) in [6.45, 7) is 9.29. The Hall–Kier alpha value is -2.61. The fraction of sp³-hybridized carbons (Fsp3) is 0.480. The summed E-state index contributed by atoms with van der Waals surface area (Å²) in [6.07, 6.45) is -0.155. The molecule has 1 aromatic carbocycles. The van der Waals surface area contributed by atoms with Gasteiger partial charge in [0.2, 0.25) is 0 Å². The topological polar surface area (TPSA) is 127 Å². The van der Waals surface area contributed by atoms with Gasteiger partial charge >= 0.3 is 0 Å². The summed E-state index contributed by atoms with van der Waals surface area (Å²) >= 11 is 0. The van der Waals surface area contributed by atoms with Crippen LogP contribution in [0, 0.1) is 17.8 Å². The summed E-state index contributed by atoms with van der Waals surface area (Å²) in [5.41, 5.74) is 2.08. The number of fused-ring (bicyclic) bond motifs is 1. The molecule has 1 heterocycles. The van der Waals surface area contributed by atoms with Crippen molar-refractivity contribution in [2.75, 3.05) is 0 Å². The maximum Gasteiger partial charge on any atom is 0.175 e. The van der Waals surface area contributed by atoms with Crippen LogP contribution >= 0.6 is 0 Å². The quantitative estimate of drug-likeness (QED) is 0.337. The van der Waals surface area contributed by atoms with Crippen LogP contribution in [0.5, 0.6) is 11.5 Å². The highest BCUT2D eigenvalue weighted by Gasteiger charge is 2.55. The minimum Gasteiger partial charge on any atom is -0.504 e. The Morgan fingerprint density at radius 3 is 2.41 bits per heavy atom. The summed E-state index contributed by atoms with van der Waals surface area (Å²) < 4.78 is 5.89. The summed E-state index contributed by atoms with van der Waals surface area (Å²) in [4.78, 5) is 13.5. The van der Waals surface area contributed by atoms with Crippen LogP contribution < -0.4 is 0 Å². The first-order valence-electron chi connectivity index (χ1n) is 10.8. The number of aliphatic hydroxyl groups is 3. The molecule has 1 aromatic rings. The molecule has 3 rings (SSSR count). The predicted molar refractivity (Wildman–Crippen MR) is 120 cm³/mol. The van der Waals surface area contributed by atoms with Gasteiger partial charge in [-0.25, -0.2) is 0 Å². The first-order chi connectivity index (χ1) is 15.0. The Labute approximate surface area is 188 Å². The van der Waals surface area contributed by atoms with E-state index in [-0.39, 0.29) is 29.3 Å². The van der Waals surface area contributed by atoms with Gasteiger partial charge in [-0.3, -0.25) is 4.79 Å². The van der Waals surface area contributed by atoms with Gasteiger partial charge in [0.05, 0.1) is 36.1 Å². The summed E-state index contributed by atoms with van der Waals surface area (Å²) in [5, 5.41) is 52.1. The van der Waals surface area contributed by atoms with Crippen molar-refractivity contribution in [1.82, 2.24) is 0 Å². The number of phenols is 2. The Morgan fingerprint density at radius 2 is 1.81 bits per heavy atom. The van der Waals surface area contributed by atoms with Crippen molar-refractivity contribution in [2.45, 2.75) is 58.0 Å². The number of phenolic OH excluding ortho intramolecular Hbond substituents is 2. The van der Waals surface area contributed by atoms with Crippen LogP contribution in [0.1, 0.15) is 39.2 Å². The van der Waals surface area contributed by atoms with Gasteiger partial charge < -0.3 is 30.3 Å². The van der Waals surface area contributed by atoms with Gasteiger partial charge in [0, 0.05) is 11.8 Å². The van der Waals surface area contributed by atoms with E-state index < -0.39 is 42.2 Å². The highest BCUT2D eigenvalue weighted by molar-refractivity contribution is 6.22. The standard InChI is InChI=1S/C25H32O7/c1-12(2)5-7-15-22(29)16(10-19(27)13(3)4)25-21(23(15)30)24(31)17(11-32-25)14-6-8-18(26)20(28)9-14/h5-6,8-9,11,15-16,19,21-23,25-30H,3,7,10H2,1-2,4H3. The molecule has 32 heavy (non-hydrogen) atoms. The molecule has 2 aliphatic rings. The number of hydrogen-bond donors (Lipinski definition) is 5. The fourth-order valence-corrected chi connectivity index (χ4v) is 4.60. The smallest absolute Gasteiger partial charge is 0.175 e. The Bertz CT molecular complexity index is 944. The molecular weight excluding hydrogens is 412 g/mol. The fourth-order valence-electron chi connectivity index (χ4n) is 4.60. The Morgan fingerprint density at radius 1 is 1.12 bits per heavy atom. The van der Waals surface area contributed by atoms with Crippen LogP contribution in [0.4, 0.5) is 0 Å². The van der Waals surface area contributed by atoms with Gasteiger partial charge in [-0.1, -0.05) is 29.9 Å². The highest BCUT2D eigenvalue weighted by Crippen LogP contribution is 2.45. The van der Waals surface area contributed by atoms with Crippen molar-refractivity contribution >= 4 is 11.4 Å². The van der Waals surface area contributed by atoms with Gasteiger partial charge in [-0.05, 0) is 51.3 Å². The second-order valence-electron chi connectivity index (χ2n) is 9.15. The lowest BCUT2D eigenvalue weighted by atomic mass is 9.63. The molecule has 0 bridgehead atoms. The average molecular weight is 445 g/mol. The molecule has 0 spiro atoms. The van der Waals surface area contributed by atoms with Crippen LogP contribution in [0.2, 0.25) is 0 Å².